The van der Waals surface area contributed by atoms with Gasteiger partial charge in [0.05, 0.1) is 0 Å². The third-order valence-corrected chi connectivity index (χ3v) is 2.67. The van der Waals surface area contributed by atoms with Gasteiger partial charge in [-0.25, -0.2) is 0 Å². The maximum Gasteiger partial charge on any atom is 0.303 e. The molecule has 2 N–H and O–H groups in total. The van der Waals surface area contributed by atoms with Crippen molar-refractivity contribution >= 4 is 5.97 Å². The molecule has 1 aromatic carbocycles. The molecule has 0 radical (unpaired) electrons. The van der Waals surface area contributed by atoms with E-state index in [1.54, 1.807) is 0 Å². The second-order valence-corrected chi connectivity index (χ2v) is 4.21. The van der Waals surface area contributed by atoms with Gasteiger partial charge in [-0.1, -0.05) is 31.2 Å². The van der Waals surface area contributed by atoms with E-state index in [0.717, 1.165) is 31.5 Å². The Morgan fingerprint density at radius 2 is 1.71 bits per heavy atom. The van der Waals surface area contributed by atoms with Crippen LogP contribution in [-0.2, 0) is 17.6 Å². The molecule has 94 valence electrons. The number of carboxylic acids is 1. The Balaban J connectivity index is 2.31. The third-order valence-electron chi connectivity index (χ3n) is 2.67. The zero-order valence-electron chi connectivity index (χ0n) is 10.4. The van der Waals surface area contributed by atoms with Crippen molar-refractivity contribution in [3.05, 3.63) is 35.4 Å². The Morgan fingerprint density at radius 1 is 1.12 bits per heavy atom. The lowest BCUT2D eigenvalue weighted by atomic mass is 10.1. The van der Waals surface area contributed by atoms with Crippen LogP contribution in [0.5, 0.6) is 0 Å². The molecule has 3 nitrogen and oxygen atoms in total. The van der Waals surface area contributed by atoms with Gasteiger partial charge in [-0.2, -0.15) is 0 Å². The average molecular weight is 235 g/mol. The molecular weight excluding hydrogens is 214 g/mol. The van der Waals surface area contributed by atoms with E-state index < -0.39 is 5.97 Å². The first-order valence-electron chi connectivity index (χ1n) is 6.22. The van der Waals surface area contributed by atoms with Crippen LogP contribution in [0.15, 0.2) is 24.3 Å². The highest BCUT2D eigenvalue weighted by Gasteiger charge is 1.99. The fourth-order valence-electron chi connectivity index (χ4n) is 1.66. The van der Waals surface area contributed by atoms with Gasteiger partial charge in [0, 0.05) is 6.42 Å². The van der Waals surface area contributed by atoms with Crippen LogP contribution in [0, 0.1) is 0 Å². The number of nitrogens with one attached hydrogen (secondary N) is 1. The lowest BCUT2D eigenvalue weighted by Crippen LogP contribution is -2.17. The minimum absolute atomic E-state index is 0.206. The Bertz CT molecular complexity index is 333. The highest BCUT2D eigenvalue weighted by atomic mass is 16.4. The topological polar surface area (TPSA) is 49.3 Å². The molecule has 3 heteroatoms. The number of carboxylic acid groups (broad SMARTS) is 1. The van der Waals surface area contributed by atoms with Gasteiger partial charge in [-0.15, -0.1) is 0 Å². The SMILES string of the molecule is CCCNCCc1ccc(CCC(=O)O)cc1. The molecule has 0 amide bonds. The van der Waals surface area contributed by atoms with Crippen LogP contribution in [0.25, 0.3) is 0 Å². The number of hydrogen-bond donors (Lipinski definition) is 2. The number of benzene rings is 1. The van der Waals surface area contributed by atoms with Crippen LogP contribution in [0.3, 0.4) is 0 Å². The molecule has 0 heterocycles. The van der Waals surface area contributed by atoms with Gasteiger partial charge in [0.2, 0.25) is 0 Å². The van der Waals surface area contributed by atoms with E-state index in [-0.39, 0.29) is 6.42 Å². The van der Waals surface area contributed by atoms with E-state index in [1.165, 1.54) is 5.56 Å². The zero-order chi connectivity index (χ0) is 12.5. The molecule has 0 bridgehead atoms. The van der Waals surface area contributed by atoms with Crippen molar-refractivity contribution in [2.45, 2.75) is 32.6 Å². The number of aryl methyl sites for hydroxylation is 1. The van der Waals surface area contributed by atoms with Crippen LogP contribution in [0.2, 0.25) is 0 Å². The van der Waals surface area contributed by atoms with Gasteiger partial charge in [-0.05, 0) is 43.5 Å². The molecule has 0 aliphatic rings. The Labute approximate surface area is 103 Å². The molecule has 0 unspecified atom stereocenters. The Hall–Kier alpha value is -1.35. The number of carbonyl (C=O) groups is 1. The molecule has 0 saturated heterocycles. The van der Waals surface area contributed by atoms with Crippen molar-refractivity contribution < 1.29 is 9.90 Å². The van der Waals surface area contributed by atoms with Gasteiger partial charge >= 0.3 is 5.97 Å². The largest absolute Gasteiger partial charge is 0.481 e. The minimum Gasteiger partial charge on any atom is -0.481 e. The predicted molar refractivity (Wildman–Crippen MR) is 69.3 cm³/mol. The molecule has 0 aliphatic heterocycles. The van der Waals surface area contributed by atoms with E-state index in [9.17, 15) is 4.79 Å². The van der Waals surface area contributed by atoms with Crippen LogP contribution in [0.4, 0.5) is 0 Å². The summed E-state index contributed by atoms with van der Waals surface area (Å²) < 4.78 is 0. The van der Waals surface area contributed by atoms with Crippen LogP contribution >= 0.6 is 0 Å². The maximum absolute atomic E-state index is 10.4. The molecule has 0 atom stereocenters. The summed E-state index contributed by atoms with van der Waals surface area (Å²) in [4.78, 5) is 10.4. The zero-order valence-corrected chi connectivity index (χ0v) is 10.4. The smallest absolute Gasteiger partial charge is 0.303 e. The average Bonchev–Trinajstić information content (AvgIpc) is 2.33. The van der Waals surface area contributed by atoms with E-state index in [4.69, 9.17) is 5.11 Å². The first kappa shape index (κ1) is 13.7. The second-order valence-electron chi connectivity index (χ2n) is 4.21. The van der Waals surface area contributed by atoms with E-state index in [2.05, 4.69) is 24.4 Å². The second kappa shape index (κ2) is 7.85. The van der Waals surface area contributed by atoms with Crippen LogP contribution in [-0.4, -0.2) is 24.2 Å². The highest BCUT2D eigenvalue weighted by molar-refractivity contribution is 5.67. The number of hydrogen-bond acceptors (Lipinski definition) is 2. The van der Waals surface area contributed by atoms with Crippen LogP contribution in [0.1, 0.15) is 30.9 Å². The summed E-state index contributed by atoms with van der Waals surface area (Å²) in [5, 5.41) is 11.9. The summed E-state index contributed by atoms with van der Waals surface area (Å²) in [5.41, 5.74) is 2.39. The van der Waals surface area contributed by atoms with Crippen molar-refractivity contribution in [3.63, 3.8) is 0 Å². The van der Waals surface area contributed by atoms with Crippen molar-refractivity contribution in [1.82, 2.24) is 5.32 Å². The standard InChI is InChI=1S/C14H21NO2/c1-2-10-15-11-9-13-5-3-12(4-6-13)7-8-14(16)17/h3-6,15H,2,7-11H2,1H3,(H,16,17). The number of aliphatic carboxylic acids is 1. The Kier molecular flexibility index (Phi) is 6.33. The molecule has 1 aromatic rings. The van der Waals surface area contributed by atoms with Crippen molar-refractivity contribution in [1.29, 1.82) is 0 Å². The monoisotopic (exact) mass is 235 g/mol. The summed E-state index contributed by atoms with van der Waals surface area (Å²) in [6.45, 7) is 4.23. The normalized spacial score (nSPS) is 10.4. The Morgan fingerprint density at radius 3 is 2.24 bits per heavy atom. The summed E-state index contributed by atoms with van der Waals surface area (Å²) in [6, 6.07) is 8.23. The quantitative estimate of drug-likeness (QED) is 0.679. The van der Waals surface area contributed by atoms with E-state index in [1.807, 2.05) is 12.1 Å². The summed E-state index contributed by atoms with van der Waals surface area (Å²) in [7, 11) is 0. The van der Waals surface area contributed by atoms with Crippen LogP contribution < -0.4 is 5.32 Å². The molecule has 0 aromatic heterocycles. The van der Waals surface area contributed by atoms with Gasteiger partial charge in [0.25, 0.3) is 0 Å². The molecule has 0 aliphatic carbocycles. The summed E-state index contributed by atoms with van der Waals surface area (Å²) in [5.74, 6) is -0.738. The van der Waals surface area contributed by atoms with E-state index >= 15 is 0 Å². The fourth-order valence-corrected chi connectivity index (χ4v) is 1.66. The fraction of sp³-hybridized carbons (Fsp3) is 0.500. The van der Waals surface area contributed by atoms with Gasteiger partial charge in [-0.3, -0.25) is 4.79 Å². The molecule has 0 spiro atoms. The van der Waals surface area contributed by atoms with Gasteiger partial charge < -0.3 is 10.4 Å². The first-order chi connectivity index (χ1) is 8.22. The highest BCUT2D eigenvalue weighted by Crippen LogP contribution is 2.07. The van der Waals surface area contributed by atoms with Crippen molar-refractivity contribution in [3.8, 4) is 0 Å². The van der Waals surface area contributed by atoms with E-state index in [0.29, 0.717) is 6.42 Å². The predicted octanol–water partition coefficient (Wildman–Crippen LogP) is 2.25. The summed E-state index contributed by atoms with van der Waals surface area (Å²) in [6.07, 6.45) is 3.01. The molecule has 1 rings (SSSR count). The molecular formula is C14H21NO2. The molecule has 17 heavy (non-hydrogen) atoms. The van der Waals surface area contributed by atoms with Crippen molar-refractivity contribution in [2.24, 2.45) is 0 Å². The van der Waals surface area contributed by atoms with Crippen molar-refractivity contribution in [2.75, 3.05) is 13.1 Å². The number of rotatable bonds is 8. The summed E-state index contributed by atoms with van der Waals surface area (Å²) >= 11 is 0. The van der Waals surface area contributed by atoms with Gasteiger partial charge in [0.1, 0.15) is 0 Å². The lowest BCUT2D eigenvalue weighted by Gasteiger charge is -2.04. The molecule has 0 fully saturated rings. The minimum atomic E-state index is -0.738. The van der Waals surface area contributed by atoms with Gasteiger partial charge in [0.15, 0.2) is 0 Å². The molecule has 0 saturated carbocycles. The lowest BCUT2D eigenvalue weighted by molar-refractivity contribution is -0.136. The maximum atomic E-state index is 10.4. The third kappa shape index (κ3) is 6.07. The first-order valence-corrected chi connectivity index (χ1v) is 6.22.